The summed E-state index contributed by atoms with van der Waals surface area (Å²) in [5.74, 6) is 0. The largest absolute Gasteiger partial charge is 0.310 e. The van der Waals surface area contributed by atoms with Gasteiger partial charge in [-0.05, 0) is 137 Å². The third-order valence-electron chi connectivity index (χ3n) is 14.1. The number of benzene rings is 10. The van der Waals surface area contributed by atoms with E-state index in [4.69, 9.17) is 0 Å². The van der Waals surface area contributed by atoms with Crippen LogP contribution in [-0.2, 0) is 10.8 Å². The van der Waals surface area contributed by atoms with Gasteiger partial charge < -0.3 is 4.90 Å². The van der Waals surface area contributed by atoms with Crippen LogP contribution >= 0.6 is 0 Å². The molecule has 1 nitrogen and oxygen atoms in total. The van der Waals surface area contributed by atoms with Gasteiger partial charge in [0, 0.05) is 27.9 Å². The summed E-state index contributed by atoms with van der Waals surface area (Å²) in [6.45, 7) is 7.15. The van der Waals surface area contributed by atoms with Crippen molar-refractivity contribution >= 4 is 38.6 Å². The van der Waals surface area contributed by atoms with E-state index < -0.39 is 0 Å². The topological polar surface area (TPSA) is 3.24 Å². The second kappa shape index (κ2) is 13.8. The average Bonchev–Trinajstić information content (AvgIpc) is 3.73. The monoisotopic (exact) mass is 791 g/mol. The Kier molecular flexibility index (Phi) is 8.08. The smallest absolute Gasteiger partial charge is 0.0468 e. The van der Waals surface area contributed by atoms with E-state index in [0.29, 0.717) is 0 Å². The summed E-state index contributed by atoms with van der Waals surface area (Å²) < 4.78 is 0. The van der Waals surface area contributed by atoms with Crippen LogP contribution in [0, 0.1) is 0 Å². The molecule has 0 aliphatic heterocycles. The van der Waals surface area contributed by atoms with Gasteiger partial charge in [-0.3, -0.25) is 0 Å². The SMILES string of the molecule is CC1(C)c2ccccc2-c2cccc(-c3ccccc3-c3ccc(N(c4ccc5c(c4)C(C)(c4ccccc4)c4ccccc4-5)c4ccc5c(ccc6ccccc65)c4)cc3)c21. The first-order valence-corrected chi connectivity index (χ1v) is 21.8. The van der Waals surface area contributed by atoms with Crippen LogP contribution < -0.4 is 4.90 Å². The fourth-order valence-corrected chi connectivity index (χ4v) is 11.1. The molecule has 294 valence electrons. The summed E-state index contributed by atoms with van der Waals surface area (Å²) in [6.07, 6.45) is 0. The standard InChI is InChI=1S/C61H45N/c1-60(2)56-26-13-11-23-52(56)55-25-15-24-54(59(55)60)50-21-10-9-20-48(50)41-30-32-44(33-31-41)62(45-34-36-49-42(38-45)29-28-40-16-7-8-19-47(40)49)46-35-37-53-51-22-12-14-27-57(51)61(3,58(53)39-46)43-17-5-4-6-18-43/h4-39H,1-3H3. The summed E-state index contributed by atoms with van der Waals surface area (Å²) in [5, 5.41) is 5.02. The highest BCUT2D eigenvalue weighted by atomic mass is 15.1. The zero-order valence-electron chi connectivity index (χ0n) is 35.2. The molecule has 0 saturated heterocycles. The zero-order valence-corrected chi connectivity index (χ0v) is 35.2. The van der Waals surface area contributed by atoms with Gasteiger partial charge in [-0.2, -0.15) is 0 Å². The molecule has 10 aromatic carbocycles. The van der Waals surface area contributed by atoms with Crippen LogP contribution in [0.25, 0.3) is 66.1 Å². The third kappa shape index (κ3) is 5.34. The van der Waals surface area contributed by atoms with Crippen molar-refractivity contribution in [2.75, 3.05) is 4.90 Å². The van der Waals surface area contributed by atoms with Crippen molar-refractivity contribution < 1.29 is 0 Å². The third-order valence-corrected chi connectivity index (χ3v) is 14.1. The van der Waals surface area contributed by atoms with Crippen molar-refractivity contribution in [1.82, 2.24) is 0 Å². The minimum Gasteiger partial charge on any atom is -0.310 e. The van der Waals surface area contributed by atoms with Gasteiger partial charge in [-0.1, -0.05) is 196 Å². The molecule has 0 saturated carbocycles. The maximum atomic E-state index is 2.45. The number of fused-ring (bicyclic) bond motifs is 9. The fraction of sp³-hybridized carbons (Fsp3) is 0.0820. The summed E-state index contributed by atoms with van der Waals surface area (Å²) in [4.78, 5) is 2.45. The molecule has 0 radical (unpaired) electrons. The molecule has 0 N–H and O–H groups in total. The van der Waals surface area contributed by atoms with Gasteiger partial charge in [0.15, 0.2) is 0 Å². The molecule has 1 heteroatoms. The summed E-state index contributed by atoms with van der Waals surface area (Å²) in [5.41, 5.74) is 20.0. The Morgan fingerprint density at radius 2 is 0.855 bits per heavy atom. The highest BCUT2D eigenvalue weighted by Crippen LogP contribution is 2.55. The molecule has 2 aliphatic carbocycles. The molecule has 0 aromatic heterocycles. The van der Waals surface area contributed by atoms with E-state index >= 15 is 0 Å². The molecule has 10 aromatic rings. The number of anilines is 3. The van der Waals surface area contributed by atoms with E-state index in [2.05, 4.69) is 244 Å². The maximum Gasteiger partial charge on any atom is 0.0468 e. The molecular weight excluding hydrogens is 747 g/mol. The van der Waals surface area contributed by atoms with E-state index in [-0.39, 0.29) is 10.8 Å². The van der Waals surface area contributed by atoms with Gasteiger partial charge in [-0.25, -0.2) is 0 Å². The van der Waals surface area contributed by atoms with Gasteiger partial charge in [0.05, 0.1) is 0 Å². The Bertz CT molecular complexity index is 3390. The van der Waals surface area contributed by atoms with Crippen LogP contribution in [0.15, 0.2) is 218 Å². The fourth-order valence-electron chi connectivity index (χ4n) is 11.1. The predicted octanol–water partition coefficient (Wildman–Crippen LogP) is 16.4. The predicted molar refractivity (Wildman–Crippen MR) is 262 cm³/mol. The molecule has 0 heterocycles. The number of rotatable bonds is 6. The van der Waals surface area contributed by atoms with Crippen LogP contribution in [0.1, 0.15) is 48.6 Å². The van der Waals surface area contributed by atoms with Crippen LogP contribution in [0.3, 0.4) is 0 Å². The quantitative estimate of drug-likeness (QED) is 0.152. The molecule has 0 amide bonds. The number of hydrogen-bond donors (Lipinski definition) is 0. The highest BCUT2D eigenvalue weighted by Gasteiger charge is 2.41. The van der Waals surface area contributed by atoms with Gasteiger partial charge in [0.1, 0.15) is 0 Å². The lowest BCUT2D eigenvalue weighted by molar-refractivity contribution is 0.662. The van der Waals surface area contributed by atoms with Crippen LogP contribution in [0.2, 0.25) is 0 Å². The normalized spacial score (nSPS) is 15.5. The van der Waals surface area contributed by atoms with Crippen LogP contribution in [0.4, 0.5) is 17.1 Å². The zero-order chi connectivity index (χ0) is 41.6. The minimum absolute atomic E-state index is 0.111. The molecule has 0 bridgehead atoms. The van der Waals surface area contributed by atoms with Gasteiger partial charge in [-0.15, -0.1) is 0 Å². The summed E-state index contributed by atoms with van der Waals surface area (Å²) in [7, 11) is 0. The van der Waals surface area contributed by atoms with Crippen LogP contribution in [-0.4, -0.2) is 0 Å². The van der Waals surface area contributed by atoms with Gasteiger partial charge in [0.25, 0.3) is 0 Å². The minimum atomic E-state index is -0.307. The van der Waals surface area contributed by atoms with Crippen molar-refractivity contribution in [3.63, 3.8) is 0 Å². The highest BCUT2D eigenvalue weighted by molar-refractivity contribution is 6.08. The van der Waals surface area contributed by atoms with E-state index in [0.717, 1.165) is 17.1 Å². The molecule has 12 rings (SSSR count). The van der Waals surface area contributed by atoms with Crippen molar-refractivity contribution in [3.8, 4) is 44.5 Å². The Labute approximate surface area is 364 Å². The van der Waals surface area contributed by atoms with Gasteiger partial charge in [0.2, 0.25) is 0 Å². The van der Waals surface area contributed by atoms with E-state index in [9.17, 15) is 0 Å². The Morgan fingerprint density at radius 1 is 0.323 bits per heavy atom. The summed E-state index contributed by atoms with van der Waals surface area (Å²) in [6, 6.07) is 81.2. The molecular formula is C61H45N. The van der Waals surface area contributed by atoms with E-state index in [1.54, 1.807) is 0 Å². The maximum absolute atomic E-state index is 2.45. The Morgan fingerprint density at radius 3 is 1.65 bits per heavy atom. The first kappa shape index (κ1) is 36.4. The van der Waals surface area contributed by atoms with Crippen LogP contribution in [0.5, 0.6) is 0 Å². The molecule has 62 heavy (non-hydrogen) atoms. The molecule has 0 fully saturated rings. The first-order chi connectivity index (χ1) is 30.4. The van der Waals surface area contributed by atoms with Crippen molar-refractivity contribution in [2.45, 2.75) is 31.6 Å². The number of nitrogens with zero attached hydrogens (tertiary/aromatic N) is 1. The molecule has 1 atom stereocenters. The lowest BCUT2D eigenvalue weighted by Crippen LogP contribution is -2.22. The molecule has 1 unspecified atom stereocenters. The summed E-state index contributed by atoms with van der Waals surface area (Å²) >= 11 is 0. The van der Waals surface area contributed by atoms with Crippen molar-refractivity contribution in [1.29, 1.82) is 0 Å². The number of hydrogen-bond acceptors (Lipinski definition) is 1. The van der Waals surface area contributed by atoms with Gasteiger partial charge >= 0.3 is 0 Å². The lowest BCUT2D eigenvalue weighted by atomic mass is 9.74. The average molecular weight is 792 g/mol. The van der Waals surface area contributed by atoms with Crippen molar-refractivity contribution in [3.05, 3.63) is 246 Å². The Hall–Kier alpha value is -7.48. The second-order valence-corrected chi connectivity index (χ2v) is 17.8. The van der Waals surface area contributed by atoms with E-state index in [1.807, 2.05) is 0 Å². The molecule has 2 aliphatic rings. The molecule has 0 spiro atoms. The first-order valence-electron chi connectivity index (χ1n) is 21.8. The van der Waals surface area contributed by atoms with Crippen molar-refractivity contribution in [2.24, 2.45) is 0 Å². The van der Waals surface area contributed by atoms with E-state index in [1.165, 1.54) is 93.9 Å². The lowest BCUT2D eigenvalue weighted by Gasteiger charge is -2.31. The Balaban J connectivity index is 1.01. The second-order valence-electron chi connectivity index (χ2n) is 17.8.